The molecule has 1 aromatic rings. The number of aliphatic imine (C=N–C) groups is 1. The molecule has 26 heavy (non-hydrogen) atoms. The third-order valence-electron chi connectivity index (χ3n) is 3.43. The zero-order valence-corrected chi connectivity index (χ0v) is 16.3. The van der Waals surface area contributed by atoms with E-state index in [2.05, 4.69) is 35.4 Å². The third-order valence-corrected chi connectivity index (χ3v) is 3.43. The zero-order chi connectivity index (χ0) is 19.2. The van der Waals surface area contributed by atoms with E-state index in [-0.39, 0.29) is 6.61 Å². The third kappa shape index (κ3) is 8.63. The van der Waals surface area contributed by atoms with Crippen molar-refractivity contribution < 1.29 is 14.2 Å². The lowest BCUT2D eigenvalue weighted by molar-refractivity contribution is 0.108. The van der Waals surface area contributed by atoms with E-state index in [0.717, 1.165) is 37.7 Å². The van der Waals surface area contributed by atoms with Gasteiger partial charge in [-0.2, -0.15) is 0 Å². The highest BCUT2D eigenvalue weighted by molar-refractivity contribution is 5.79. The summed E-state index contributed by atoms with van der Waals surface area (Å²) in [4.78, 5) is 4.23. The van der Waals surface area contributed by atoms with Crippen LogP contribution in [0.1, 0.15) is 25.8 Å². The number of benzene rings is 1. The van der Waals surface area contributed by atoms with E-state index in [1.807, 2.05) is 18.2 Å². The molecule has 0 saturated carbocycles. The van der Waals surface area contributed by atoms with Gasteiger partial charge in [-0.25, -0.2) is 0 Å². The predicted octanol–water partition coefficient (Wildman–Crippen LogP) is 2.43. The predicted molar refractivity (Wildman–Crippen MR) is 106 cm³/mol. The van der Waals surface area contributed by atoms with Crippen LogP contribution in [0.25, 0.3) is 0 Å². The number of guanidine groups is 1. The Balaban J connectivity index is 2.42. The molecule has 0 heterocycles. The number of nitrogens with one attached hydrogen (secondary N) is 2. The molecule has 0 unspecified atom stereocenters. The minimum atomic E-state index is 0.204. The molecule has 1 aromatic carbocycles. The lowest BCUT2D eigenvalue weighted by atomic mass is 10.2. The molecular formula is C20H31N3O3. The van der Waals surface area contributed by atoms with Crippen LogP contribution in [0.3, 0.4) is 0 Å². The topological polar surface area (TPSA) is 64.1 Å². The van der Waals surface area contributed by atoms with Gasteiger partial charge in [0, 0.05) is 33.4 Å². The van der Waals surface area contributed by atoms with E-state index in [4.69, 9.17) is 20.6 Å². The first-order chi connectivity index (χ1) is 12.6. The quantitative estimate of drug-likeness (QED) is 0.274. The number of terminal acetylenes is 1. The maximum atomic E-state index is 5.57. The normalized spacial score (nSPS) is 11.2. The van der Waals surface area contributed by atoms with Crippen LogP contribution in [0.4, 0.5) is 0 Å². The number of rotatable bonds is 11. The maximum Gasteiger partial charge on any atom is 0.191 e. The highest BCUT2D eigenvalue weighted by Gasteiger charge is 2.06. The van der Waals surface area contributed by atoms with E-state index in [1.54, 1.807) is 14.2 Å². The number of hydrogen-bond acceptors (Lipinski definition) is 4. The molecule has 0 aromatic heterocycles. The lowest BCUT2D eigenvalue weighted by Gasteiger charge is -2.14. The molecule has 1 rings (SSSR count). The van der Waals surface area contributed by atoms with E-state index in [1.165, 1.54) is 0 Å². The first-order valence-corrected chi connectivity index (χ1v) is 8.86. The standard InChI is InChI=1S/C20H31N3O3/c1-6-11-26-19-13-17(8-9-18(19)24-5)14-23-20(21-4)22-10-7-12-25-15-16(2)3/h1,8-9,13,16H,7,10-12,14-15H2,2-5H3,(H2,21,22,23). The summed E-state index contributed by atoms with van der Waals surface area (Å²) in [5, 5.41) is 6.55. The SMILES string of the molecule is C#CCOc1cc(CNC(=NC)NCCCOCC(C)C)ccc1OC. The van der Waals surface area contributed by atoms with Crippen LogP contribution in [0.15, 0.2) is 23.2 Å². The van der Waals surface area contributed by atoms with Crippen molar-refractivity contribution in [1.82, 2.24) is 10.6 Å². The summed E-state index contributed by atoms with van der Waals surface area (Å²) in [6, 6.07) is 5.75. The van der Waals surface area contributed by atoms with Gasteiger partial charge in [-0.05, 0) is 30.0 Å². The van der Waals surface area contributed by atoms with Crippen molar-refractivity contribution >= 4 is 5.96 Å². The summed E-state index contributed by atoms with van der Waals surface area (Å²) in [7, 11) is 3.35. The second-order valence-corrected chi connectivity index (χ2v) is 6.15. The molecule has 0 atom stereocenters. The molecule has 0 spiro atoms. The van der Waals surface area contributed by atoms with E-state index in [0.29, 0.717) is 24.0 Å². The molecule has 0 bridgehead atoms. The Morgan fingerprint density at radius 2 is 2.08 bits per heavy atom. The van der Waals surface area contributed by atoms with Crippen molar-refractivity contribution in [1.29, 1.82) is 0 Å². The molecule has 0 amide bonds. The van der Waals surface area contributed by atoms with Gasteiger partial charge in [0.2, 0.25) is 0 Å². The molecule has 0 fully saturated rings. The molecule has 6 heteroatoms. The number of methoxy groups -OCH3 is 1. The molecule has 0 aliphatic carbocycles. The smallest absolute Gasteiger partial charge is 0.191 e. The molecule has 0 aliphatic rings. The fourth-order valence-corrected chi connectivity index (χ4v) is 2.17. The van der Waals surface area contributed by atoms with Crippen molar-refractivity contribution in [3.63, 3.8) is 0 Å². The Labute approximate surface area is 157 Å². The highest BCUT2D eigenvalue weighted by atomic mass is 16.5. The summed E-state index contributed by atoms with van der Waals surface area (Å²) >= 11 is 0. The first-order valence-electron chi connectivity index (χ1n) is 8.86. The lowest BCUT2D eigenvalue weighted by Crippen LogP contribution is -2.37. The van der Waals surface area contributed by atoms with Gasteiger partial charge < -0.3 is 24.8 Å². The molecule has 0 radical (unpaired) electrons. The summed E-state index contributed by atoms with van der Waals surface area (Å²) in [6.45, 7) is 7.45. The fourth-order valence-electron chi connectivity index (χ4n) is 2.17. The summed E-state index contributed by atoms with van der Waals surface area (Å²) in [6.07, 6.45) is 6.18. The molecular weight excluding hydrogens is 330 g/mol. The molecule has 144 valence electrons. The first kappa shape index (κ1) is 21.7. The van der Waals surface area contributed by atoms with Crippen LogP contribution in [0, 0.1) is 18.3 Å². The van der Waals surface area contributed by atoms with Gasteiger partial charge in [-0.3, -0.25) is 4.99 Å². The van der Waals surface area contributed by atoms with Crippen LogP contribution in [0.2, 0.25) is 0 Å². The van der Waals surface area contributed by atoms with Crippen molar-refractivity contribution in [2.24, 2.45) is 10.9 Å². The minimum Gasteiger partial charge on any atom is -0.493 e. The van der Waals surface area contributed by atoms with E-state index >= 15 is 0 Å². The van der Waals surface area contributed by atoms with Gasteiger partial charge in [0.05, 0.1) is 7.11 Å². The highest BCUT2D eigenvalue weighted by Crippen LogP contribution is 2.27. The Kier molecular flexibility index (Phi) is 10.7. The van der Waals surface area contributed by atoms with Gasteiger partial charge in [-0.15, -0.1) is 6.42 Å². The van der Waals surface area contributed by atoms with E-state index < -0.39 is 0 Å². The number of hydrogen-bond donors (Lipinski definition) is 2. The van der Waals surface area contributed by atoms with Crippen LogP contribution in [-0.4, -0.2) is 46.5 Å². The van der Waals surface area contributed by atoms with Crippen LogP contribution in [-0.2, 0) is 11.3 Å². The van der Waals surface area contributed by atoms with Crippen molar-refractivity contribution in [3.8, 4) is 23.8 Å². The molecule has 6 nitrogen and oxygen atoms in total. The second kappa shape index (κ2) is 12.9. The Morgan fingerprint density at radius 1 is 1.27 bits per heavy atom. The Morgan fingerprint density at radius 3 is 2.73 bits per heavy atom. The monoisotopic (exact) mass is 361 g/mol. The van der Waals surface area contributed by atoms with E-state index in [9.17, 15) is 0 Å². The number of nitrogens with zero attached hydrogens (tertiary/aromatic N) is 1. The zero-order valence-electron chi connectivity index (χ0n) is 16.3. The largest absolute Gasteiger partial charge is 0.493 e. The molecule has 2 N–H and O–H groups in total. The number of ether oxygens (including phenoxy) is 3. The van der Waals surface area contributed by atoms with Crippen LogP contribution < -0.4 is 20.1 Å². The average Bonchev–Trinajstić information content (AvgIpc) is 2.64. The van der Waals surface area contributed by atoms with Crippen molar-refractivity contribution in [3.05, 3.63) is 23.8 Å². The molecule has 0 aliphatic heterocycles. The van der Waals surface area contributed by atoms with Crippen molar-refractivity contribution in [2.75, 3.05) is 40.5 Å². The summed E-state index contributed by atoms with van der Waals surface area (Å²) < 4.78 is 16.4. The van der Waals surface area contributed by atoms with Gasteiger partial charge in [0.1, 0.15) is 6.61 Å². The van der Waals surface area contributed by atoms with Crippen LogP contribution in [0.5, 0.6) is 11.5 Å². The second-order valence-electron chi connectivity index (χ2n) is 6.15. The summed E-state index contributed by atoms with van der Waals surface area (Å²) in [5.74, 6) is 5.06. The van der Waals surface area contributed by atoms with Gasteiger partial charge >= 0.3 is 0 Å². The van der Waals surface area contributed by atoms with Gasteiger partial charge in [0.25, 0.3) is 0 Å². The van der Waals surface area contributed by atoms with Gasteiger partial charge in [-0.1, -0.05) is 25.8 Å². The van der Waals surface area contributed by atoms with Crippen LogP contribution >= 0.6 is 0 Å². The Bertz CT molecular complexity index is 594. The Hall–Kier alpha value is -2.39. The fraction of sp³-hybridized carbons (Fsp3) is 0.550. The summed E-state index contributed by atoms with van der Waals surface area (Å²) in [5.41, 5.74) is 1.04. The minimum absolute atomic E-state index is 0.204. The van der Waals surface area contributed by atoms with Crippen molar-refractivity contribution in [2.45, 2.75) is 26.8 Å². The maximum absolute atomic E-state index is 5.57. The molecule has 0 saturated heterocycles. The van der Waals surface area contributed by atoms with Gasteiger partial charge in [0.15, 0.2) is 17.5 Å². The average molecular weight is 361 g/mol.